The van der Waals surface area contributed by atoms with Gasteiger partial charge in [0.2, 0.25) is 11.8 Å². The summed E-state index contributed by atoms with van der Waals surface area (Å²) in [7, 11) is 4.02. The number of benzene rings is 1. The Hall–Kier alpha value is -1.53. The molecule has 6 heteroatoms. The lowest BCUT2D eigenvalue weighted by Gasteiger charge is -2.31. The average molecular weight is 378 g/mol. The average Bonchev–Trinajstić information content (AvgIpc) is 3.13. The van der Waals surface area contributed by atoms with Crippen molar-refractivity contribution in [1.82, 2.24) is 14.7 Å². The van der Waals surface area contributed by atoms with Crippen LogP contribution in [0, 0.1) is 0 Å². The molecule has 0 spiro atoms. The summed E-state index contributed by atoms with van der Waals surface area (Å²) in [6, 6.07) is 9.74. The van der Waals surface area contributed by atoms with E-state index in [1.165, 1.54) is 0 Å². The fourth-order valence-electron chi connectivity index (χ4n) is 2.97. The monoisotopic (exact) mass is 377 g/mol. The van der Waals surface area contributed by atoms with Crippen LogP contribution < -0.4 is 0 Å². The molecule has 0 saturated carbocycles. The summed E-state index contributed by atoms with van der Waals surface area (Å²) in [4.78, 5) is 31.5. The quantitative estimate of drug-likeness (QED) is 0.664. The van der Waals surface area contributed by atoms with Crippen molar-refractivity contribution in [3.63, 3.8) is 0 Å². The lowest BCUT2D eigenvalue weighted by molar-refractivity contribution is -0.144. The maximum Gasteiger partial charge on any atom is 0.246 e. The lowest BCUT2D eigenvalue weighted by atomic mass is 10.1. The summed E-state index contributed by atoms with van der Waals surface area (Å²) in [6.07, 6.45) is 2.42. The van der Waals surface area contributed by atoms with Crippen LogP contribution in [0.25, 0.3) is 0 Å². The molecule has 1 aromatic rings. The van der Waals surface area contributed by atoms with Gasteiger partial charge in [0, 0.05) is 31.8 Å². The van der Waals surface area contributed by atoms with Gasteiger partial charge in [0.1, 0.15) is 6.04 Å². The first-order valence-corrected chi connectivity index (χ1v) is 10.5. The van der Waals surface area contributed by atoms with Crippen molar-refractivity contribution in [3.8, 4) is 0 Å². The molecule has 2 amide bonds. The minimum absolute atomic E-state index is 0.0746. The van der Waals surface area contributed by atoms with Gasteiger partial charge in [-0.15, -0.1) is 11.8 Å². The molecule has 144 valence electrons. The summed E-state index contributed by atoms with van der Waals surface area (Å²) in [6.45, 7) is 4.14. The van der Waals surface area contributed by atoms with Gasteiger partial charge in [-0.1, -0.05) is 43.7 Å². The van der Waals surface area contributed by atoms with Gasteiger partial charge >= 0.3 is 0 Å². The number of rotatable bonds is 9. The Morgan fingerprint density at radius 1 is 1.19 bits per heavy atom. The molecule has 1 aliphatic rings. The third-order valence-electron chi connectivity index (χ3n) is 4.58. The molecule has 0 N–H and O–H groups in total. The van der Waals surface area contributed by atoms with Crippen LogP contribution in [0.2, 0.25) is 0 Å². The number of hydrogen-bond acceptors (Lipinski definition) is 4. The predicted octanol–water partition coefficient (Wildman–Crippen LogP) is 2.67. The van der Waals surface area contributed by atoms with Crippen LogP contribution >= 0.6 is 11.8 Å². The first-order valence-electron chi connectivity index (χ1n) is 9.37. The number of likely N-dealkylation sites (N-methyl/N-ethyl adjacent to an activating group) is 1. The Morgan fingerprint density at radius 3 is 2.58 bits per heavy atom. The second kappa shape index (κ2) is 10.6. The first-order chi connectivity index (χ1) is 12.5. The van der Waals surface area contributed by atoms with Gasteiger partial charge in [-0.2, -0.15) is 0 Å². The van der Waals surface area contributed by atoms with Crippen LogP contribution in [0.4, 0.5) is 0 Å². The third-order valence-corrected chi connectivity index (χ3v) is 5.59. The topological polar surface area (TPSA) is 43.9 Å². The van der Waals surface area contributed by atoms with E-state index < -0.39 is 0 Å². The van der Waals surface area contributed by atoms with E-state index in [0.717, 1.165) is 24.9 Å². The molecule has 1 unspecified atom stereocenters. The second-order valence-electron chi connectivity index (χ2n) is 7.03. The molecule has 0 bridgehead atoms. The highest BCUT2D eigenvalue weighted by atomic mass is 32.2. The van der Waals surface area contributed by atoms with Crippen molar-refractivity contribution in [2.24, 2.45) is 0 Å². The summed E-state index contributed by atoms with van der Waals surface area (Å²) < 4.78 is 0. The SMILES string of the molecule is CCCCC(=O)N1CSCC1C(=O)N(CCN(C)C)Cc1ccccc1. The van der Waals surface area contributed by atoms with Gasteiger partial charge in [0.05, 0.1) is 5.88 Å². The molecular weight excluding hydrogens is 346 g/mol. The minimum Gasteiger partial charge on any atom is -0.335 e. The summed E-state index contributed by atoms with van der Waals surface area (Å²) >= 11 is 1.68. The van der Waals surface area contributed by atoms with Crippen LogP contribution in [0.3, 0.4) is 0 Å². The molecule has 0 aromatic heterocycles. The second-order valence-corrected chi connectivity index (χ2v) is 8.03. The van der Waals surface area contributed by atoms with Crippen molar-refractivity contribution in [1.29, 1.82) is 0 Å². The number of carbonyl (C=O) groups excluding carboxylic acids is 2. The van der Waals surface area contributed by atoms with Gasteiger partial charge in [0.25, 0.3) is 0 Å². The smallest absolute Gasteiger partial charge is 0.246 e. The maximum absolute atomic E-state index is 13.3. The lowest BCUT2D eigenvalue weighted by Crippen LogP contribution is -2.50. The zero-order valence-electron chi connectivity index (χ0n) is 16.2. The molecule has 0 aliphatic carbocycles. The molecule has 1 saturated heterocycles. The van der Waals surface area contributed by atoms with E-state index in [1.807, 2.05) is 49.3 Å². The number of thioether (sulfide) groups is 1. The standard InChI is InChI=1S/C20H31N3O2S/c1-4-5-11-19(24)23-16-26-15-18(23)20(25)22(13-12-21(2)3)14-17-9-7-6-8-10-17/h6-10,18H,4-5,11-16H2,1-3H3. The van der Waals surface area contributed by atoms with E-state index >= 15 is 0 Å². The van der Waals surface area contributed by atoms with Crippen molar-refractivity contribution in [2.45, 2.75) is 38.8 Å². The van der Waals surface area contributed by atoms with Gasteiger partial charge in [-0.25, -0.2) is 0 Å². The summed E-state index contributed by atoms with van der Waals surface area (Å²) in [5.74, 6) is 1.52. The van der Waals surface area contributed by atoms with Gasteiger partial charge in [0.15, 0.2) is 0 Å². The number of unbranched alkanes of at least 4 members (excludes halogenated alkanes) is 1. The third kappa shape index (κ3) is 6.02. The Labute approximate surface area is 161 Å². The molecule has 0 radical (unpaired) electrons. The van der Waals surface area contributed by atoms with E-state index in [1.54, 1.807) is 16.7 Å². The molecular formula is C20H31N3O2S. The molecule has 1 fully saturated rings. The highest BCUT2D eigenvalue weighted by Crippen LogP contribution is 2.24. The largest absolute Gasteiger partial charge is 0.335 e. The molecule has 1 aromatic carbocycles. The van der Waals surface area contributed by atoms with Crippen LogP contribution in [-0.2, 0) is 16.1 Å². The number of carbonyl (C=O) groups is 2. The van der Waals surface area contributed by atoms with E-state index in [0.29, 0.717) is 31.1 Å². The summed E-state index contributed by atoms with van der Waals surface area (Å²) in [5, 5.41) is 0. The van der Waals surface area contributed by atoms with Crippen LogP contribution in [-0.4, -0.2) is 71.4 Å². The highest BCUT2D eigenvalue weighted by molar-refractivity contribution is 7.99. The van der Waals surface area contributed by atoms with E-state index in [9.17, 15) is 9.59 Å². The fourth-order valence-corrected chi connectivity index (χ4v) is 4.14. The van der Waals surface area contributed by atoms with Crippen molar-refractivity contribution in [3.05, 3.63) is 35.9 Å². The van der Waals surface area contributed by atoms with Crippen molar-refractivity contribution < 1.29 is 9.59 Å². The Bertz CT molecular complexity index is 580. The van der Waals surface area contributed by atoms with E-state index in [2.05, 4.69) is 11.8 Å². The maximum atomic E-state index is 13.3. The molecule has 5 nitrogen and oxygen atoms in total. The van der Waals surface area contributed by atoms with Gasteiger partial charge in [-0.3, -0.25) is 9.59 Å². The highest BCUT2D eigenvalue weighted by Gasteiger charge is 2.36. The van der Waals surface area contributed by atoms with E-state index in [4.69, 9.17) is 0 Å². The number of amides is 2. The Balaban J connectivity index is 2.09. The molecule has 2 rings (SSSR count). The molecule has 1 aliphatic heterocycles. The van der Waals surface area contributed by atoms with Crippen molar-refractivity contribution >= 4 is 23.6 Å². The Morgan fingerprint density at radius 2 is 1.92 bits per heavy atom. The molecule has 26 heavy (non-hydrogen) atoms. The van der Waals surface area contributed by atoms with E-state index in [-0.39, 0.29) is 17.9 Å². The number of nitrogens with zero attached hydrogens (tertiary/aromatic N) is 3. The van der Waals surface area contributed by atoms with Crippen LogP contribution in [0.1, 0.15) is 31.7 Å². The van der Waals surface area contributed by atoms with Gasteiger partial charge in [-0.05, 0) is 26.1 Å². The molecule has 1 heterocycles. The zero-order chi connectivity index (χ0) is 18.9. The normalized spacial score (nSPS) is 16.9. The zero-order valence-corrected chi connectivity index (χ0v) is 17.0. The number of hydrogen-bond donors (Lipinski definition) is 0. The van der Waals surface area contributed by atoms with Crippen LogP contribution in [0.15, 0.2) is 30.3 Å². The van der Waals surface area contributed by atoms with Gasteiger partial charge < -0.3 is 14.7 Å². The predicted molar refractivity (Wildman–Crippen MR) is 108 cm³/mol. The Kier molecular flexibility index (Phi) is 8.45. The van der Waals surface area contributed by atoms with Crippen LogP contribution in [0.5, 0.6) is 0 Å². The summed E-state index contributed by atoms with van der Waals surface area (Å²) in [5.41, 5.74) is 1.12. The first kappa shape index (κ1) is 20.8. The molecule has 1 atom stereocenters. The van der Waals surface area contributed by atoms with Crippen molar-refractivity contribution in [2.75, 3.05) is 38.8 Å². The fraction of sp³-hybridized carbons (Fsp3) is 0.600. The minimum atomic E-state index is -0.324.